The number of amides is 2. The van der Waals surface area contributed by atoms with E-state index in [4.69, 9.17) is 9.52 Å². The van der Waals surface area contributed by atoms with Gasteiger partial charge in [-0.1, -0.05) is 6.92 Å². The molecule has 0 fully saturated rings. The Labute approximate surface area is 110 Å². The van der Waals surface area contributed by atoms with E-state index >= 15 is 0 Å². The highest BCUT2D eigenvalue weighted by atomic mass is 16.4. The van der Waals surface area contributed by atoms with Crippen LogP contribution < -0.4 is 10.6 Å². The molecular weight excluding hydrogens is 252 g/mol. The second kappa shape index (κ2) is 7.20. The molecule has 3 N–H and O–H groups in total. The molecule has 7 heteroatoms. The van der Waals surface area contributed by atoms with E-state index in [1.807, 2.05) is 0 Å². The monoisotopic (exact) mass is 268 g/mol. The number of furan rings is 1. The molecule has 2 amide bonds. The van der Waals surface area contributed by atoms with Crippen LogP contribution in [-0.4, -0.2) is 36.0 Å². The highest BCUT2D eigenvalue weighted by molar-refractivity contribution is 5.94. The number of nitrogens with one attached hydrogen (secondary N) is 2. The Balaban J connectivity index is 2.17. The first-order valence-corrected chi connectivity index (χ1v) is 5.80. The predicted octanol–water partition coefficient (Wildman–Crippen LogP) is 0.236. The van der Waals surface area contributed by atoms with Crippen molar-refractivity contribution < 1.29 is 23.9 Å². The van der Waals surface area contributed by atoms with E-state index in [9.17, 15) is 14.4 Å². The van der Waals surface area contributed by atoms with E-state index in [1.165, 1.54) is 25.5 Å². The molecule has 0 aromatic carbocycles. The van der Waals surface area contributed by atoms with E-state index in [0.717, 1.165) is 0 Å². The van der Waals surface area contributed by atoms with Crippen LogP contribution in [0.1, 0.15) is 23.7 Å². The number of hydrogen-bond donors (Lipinski definition) is 3. The third-order valence-electron chi connectivity index (χ3n) is 2.45. The van der Waals surface area contributed by atoms with Gasteiger partial charge in [-0.05, 0) is 6.07 Å². The van der Waals surface area contributed by atoms with Gasteiger partial charge in [-0.25, -0.2) is 0 Å². The van der Waals surface area contributed by atoms with Crippen molar-refractivity contribution in [2.24, 2.45) is 5.92 Å². The molecule has 1 unspecified atom stereocenters. The SMILES string of the molecule is CC(CNC(=O)CCNC(=O)c1ccoc1)C(=O)O. The largest absolute Gasteiger partial charge is 0.481 e. The summed E-state index contributed by atoms with van der Waals surface area (Å²) in [6.07, 6.45) is 2.79. The van der Waals surface area contributed by atoms with Gasteiger partial charge in [0.1, 0.15) is 6.26 Å². The summed E-state index contributed by atoms with van der Waals surface area (Å²) in [5.74, 6) is -2.22. The maximum Gasteiger partial charge on any atom is 0.308 e. The summed E-state index contributed by atoms with van der Waals surface area (Å²) in [5, 5.41) is 13.7. The topological polar surface area (TPSA) is 109 Å². The predicted molar refractivity (Wildman–Crippen MR) is 65.5 cm³/mol. The van der Waals surface area contributed by atoms with Crippen LogP contribution in [-0.2, 0) is 9.59 Å². The molecule has 0 saturated heterocycles. The van der Waals surface area contributed by atoms with Crippen LogP contribution >= 0.6 is 0 Å². The lowest BCUT2D eigenvalue weighted by Crippen LogP contribution is -2.34. The normalized spacial score (nSPS) is 11.6. The Bertz CT molecular complexity index is 441. The fourth-order valence-electron chi connectivity index (χ4n) is 1.23. The van der Waals surface area contributed by atoms with E-state index < -0.39 is 11.9 Å². The zero-order valence-electron chi connectivity index (χ0n) is 10.5. The van der Waals surface area contributed by atoms with Crippen molar-refractivity contribution in [2.75, 3.05) is 13.1 Å². The first-order chi connectivity index (χ1) is 9.00. The van der Waals surface area contributed by atoms with Crippen LogP contribution in [0.4, 0.5) is 0 Å². The molecule has 0 saturated carbocycles. The number of aliphatic carboxylic acids is 1. The summed E-state index contributed by atoms with van der Waals surface area (Å²) in [6.45, 7) is 1.75. The van der Waals surface area contributed by atoms with Crippen LogP contribution in [0.15, 0.2) is 23.0 Å². The molecule has 1 aromatic rings. The first-order valence-electron chi connectivity index (χ1n) is 5.80. The molecule has 0 spiro atoms. The molecule has 0 aliphatic carbocycles. The number of carboxylic acid groups (broad SMARTS) is 1. The van der Waals surface area contributed by atoms with Crippen LogP contribution in [0, 0.1) is 5.92 Å². The third kappa shape index (κ3) is 5.24. The van der Waals surface area contributed by atoms with E-state index in [1.54, 1.807) is 0 Å². The van der Waals surface area contributed by atoms with Crippen LogP contribution in [0.5, 0.6) is 0 Å². The van der Waals surface area contributed by atoms with Crippen molar-refractivity contribution in [3.05, 3.63) is 24.2 Å². The molecule has 0 aliphatic rings. The number of hydrogen-bond acceptors (Lipinski definition) is 4. The fourth-order valence-corrected chi connectivity index (χ4v) is 1.23. The average molecular weight is 268 g/mol. The maximum atomic E-state index is 11.5. The Morgan fingerprint density at radius 3 is 2.68 bits per heavy atom. The molecule has 104 valence electrons. The Morgan fingerprint density at radius 1 is 1.37 bits per heavy atom. The average Bonchev–Trinajstić information content (AvgIpc) is 2.89. The van der Waals surface area contributed by atoms with Crippen LogP contribution in [0.2, 0.25) is 0 Å². The minimum Gasteiger partial charge on any atom is -0.481 e. The summed E-state index contributed by atoms with van der Waals surface area (Å²) < 4.78 is 4.75. The van der Waals surface area contributed by atoms with Gasteiger partial charge in [0.2, 0.25) is 5.91 Å². The van der Waals surface area contributed by atoms with Crippen molar-refractivity contribution in [3.63, 3.8) is 0 Å². The van der Waals surface area contributed by atoms with Gasteiger partial charge in [0, 0.05) is 19.5 Å². The molecular formula is C12H16N2O5. The second-order valence-electron chi connectivity index (χ2n) is 4.06. The van der Waals surface area contributed by atoms with Gasteiger partial charge in [0.05, 0.1) is 17.7 Å². The van der Waals surface area contributed by atoms with Crippen molar-refractivity contribution in [1.82, 2.24) is 10.6 Å². The van der Waals surface area contributed by atoms with Gasteiger partial charge in [-0.3, -0.25) is 14.4 Å². The first kappa shape index (κ1) is 14.7. The molecule has 0 aliphatic heterocycles. The quantitative estimate of drug-likeness (QED) is 0.656. The van der Waals surface area contributed by atoms with Gasteiger partial charge in [0.15, 0.2) is 0 Å². The van der Waals surface area contributed by atoms with Gasteiger partial charge in [0.25, 0.3) is 5.91 Å². The lowest BCUT2D eigenvalue weighted by molar-refractivity contribution is -0.141. The standard InChI is InChI=1S/C12H16N2O5/c1-8(12(17)18)6-14-10(15)2-4-13-11(16)9-3-5-19-7-9/h3,5,7-8H,2,4,6H2,1H3,(H,13,16)(H,14,15)(H,17,18). The molecule has 1 rings (SSSR count). The fraction of sp³-hybridized carbons (Fsp3) is 0.417. The summed E-state index contributed by atoms with van der Waals surface area (Å²) in [5.41, 5.74) is 0.389. The minimum atomic E-state index is -0.964. The van der Waals surface area contributed by atoms with Crippen molar-refractivity contribution in [2.45, 2.75) is 13.3 Å². The highest BCUT2D eigenvalue weighted by Gasteiger charge is 2.12. The Kier molecular flexibility index (Phi) is 5.59. The zero-order valence-corrected chi connectivity index (χ0v) is 10.5. The number of carboxylic acids is 1. The maximum absolute atomic E-state index is 11.5. The van der Waals surface area contributed by atoms with E-state index in [-0.39, 0.29) is 31.3 Å². The summed E-state index contributed by atoms with van der Waals surface area (Å²) in [7, 11) is 0. The second-order valence-corrected chi connectivity index (χ2v) is 4.06. The minimum absolute atomic E-state index is 0.0733. The number of rotatable bonds is 7. The highest BCUT2D eigenvalue weighted by Crippen LogP contribution is 1.98. The smallest absolute Gasteiger partial charge is 0.308 e. The Morgan fingerprint density at radius 2 is 2.11 bits per heavy atom. The third-order valence-corrected chi connectivity index (χ3v) is 2.45. The van der Waals surface area contributed by atoms with Gasteiger partial charge < -0.3 is 20.2 Å². The Hall–Kier alpha value is -2.31. The summed E-state index contributed by atoms with van der Waals surface area (Å²) >= 11 is 0. The summed E-state index contributed by atoms with van der Waals surface area (Å²) in [4.78, 5) is 33.4. The molecule has 7 nitrogen and oxygen atoms in total. The van der Waals surface area contributed by atoms with Gasteiger partial charge in [-0.15, -0.1) is 0 Å². The molecule has 19 heavy (non-hydrogen) atoms. The van der Waals surface area contributed by atoms with Crippen LogP contribution in [0.25, 0.3) is 0 Å². The molecule has 1 atom stereocenters. The number of carbonyl (C=O) groups is 3. The molecule has 0 bridgehead atoms. The molecule has 0 radical (unpaired) electrons. The lowest BCUT2D eigenvalue weighted by Gasteiger charge is -2.08. The van der Waals surface area contributed by atoms with Gasteiger partial charge in [-0.2, -0.15) is 0 Å². The van der Waals surface area contributed by atoms with Crippen LogP contribution in [0.3, 0.4) is 0 Å². The number of carbonyl (C=O) groups excluding carboxylic acids is 2. The molecule has 1 aromatic heterocycles. The summed E-state index contributed by atoms with van der Waals surface area (Å²) in [6, 6.07) is 1.52. The van der Waals surface area contributed by atoms with Crippen molar-refractivity contribution >= 4 is 17.8 Å². The van der Waals surface area contributed by atoms with Gasteiger partial charge >= 0.3 is 5.97 Å². The lowest BCUT2D eigenvalue weighted by atomic mass is 10.2. The molecule has 1 heterocycles. The van der Waals surface area contributed by atoms with E-state index in [2.05, 4.69) is 10.6 Å². The van der Waals surface area contributed by atoms with Crippen molar-refractivity contribution in [1.29, 1.82) is 0 Å². The van der Waals surface area contributed by atoms with Crippen molar-refractivity contribution in [3.8, 4) is 0 Å². The zero-order chi connectivity index (χ0) is 14.3. The van der Waals surface area contributed by atoms with E-state index in [0.29, 0.717) is 5.56 Å².